The molecule has 0 N–H and O–H groups in total. The van der Waals surface area contributed by atoms with E-state index >= 15 is 0 Å². The Morgan fingerprint density at radius 1 is 0.302 bits per heavy atom. The van der Waals surface area contributed by atoms with Gasteiger partial charge < -0.3 is 0 Å². The molecular weight excluding hydrogens is 661 g/mol. The van der Waals surface area contributed by atoms with Gasteiger partial charge in [0.05, 0.1) is 11.4 Å². The fraction of sp³-hybridized carbons (Fsp3) is 0. The summed E-state index contributed by atoms with van der Waals surface area (Å²) < 4.78 is 2.60. The zero-order valence-electron chi connectivity index (χ0n) is 28.8. The van der Waals surface area contributed by atoms with Gasteiger partial charge in [0, 0.05) is 36.9 Å². The second kappa shape index (κ2) is 13.1. The van der Waals surface area contributed by atoms with Crippen molar-refractivity contribution in [3.05, 3.63) is 194 Å². The van der Waals surface area contributed by atoms with Gasteiger partial charge in [-0.1, -0.05) is 158 Å². The molecule has 0 radical (unpaired) electrons. The second-order valence-corrected chi connectivity index (χ2v) is 14.5. The van der Waals surface area contributed by atoms with Crippen LogP contribution in [0, 0.1) is 0 Å². The number of aromatic nitrogens is 2. The van der Waals surface area contributed by atoms with Crippen LogP contribution in [0.2, 0.25) is 0 Å². The Morgan fingerprint density at radius 3 is 1.64 bits per heavy atom. The molecule has 0 spiro atoms. The molecule has 0 bridgehead atoms. The highest BCUT2D eigenvalue weighted by Crippen LogP contribution is 2.39. The van der Waals surface area contributed by atoms with Crippen molar-refractivity contribution >= 4 is 42.3 Å². The van der Waals surface area contributed by atoms with Crippen LogP contribution < -0.4 is 0 Å². The van der Waals surface area contributed by atoms with E-state index in [9.17, 15) is 0 Å². The third-order valence-corrected chi connectivity index (χ3v) is 11.2. The largest absolute Gasteiger partial charge is 0.228 e. The van der Waals surface area contributed by atoms with Crippen LogP contribution in [0.3, 0.4) is 0 Å². The molecule has 0 aliphatic heterocycles. The Bertz CT molecular complexity index is 2920. The van der Waals surface area contributed by atoms with Crippen LogP contribution in [-0.2, 0) is 0 Å². The lowest BCUT2D eigenvalue weighted by atomic mass is 9.94. The minimum Gasteiger partial charge on any atom is -0.228 e. The van der Waals surface area contributed by atoms with Crippen molar-refractivity contribution in [3.63, 3.8) is 0 Å². The molecule has 2 aromatic heterocycles. The Balaban J connectivity index is 1.17. The first-order chi connectivity index (χ1) is 26.2. The fourth-order valence-electron chi connectivity index (χ4n) is 7.40. The summed E-state index contributed by atoms with van der Waals surface area (Å²) in [7, 11) is 0. The first-order valence-corrected chi connectivity index (χ1v) is 18.7. The molecule has 0 aliphatic carbocycles. The van der Waals surface area contributed by atoms with E-state index in [-0.39, 0.29) is 0 Å². The maximum Gasteiger partial charge on any atom is 0.160 e. The van der Waals surface area contributed by atoms with E-state index in [4.69, 9.17) is 9.97 Å². The minimum atomic E-state index is 0.698. The van der Waals surface area contributed by atoms with Crippen LogP contribution in [0.4, 0.5) is 0 Å². The quantitative estimate of drug-likeness (QED) is 0.173. The van der Waals surface area contributed by atoms with Gasteiger partial charge in [-0.3, -0.25) is 0 Å². The van der Waals surface area contributed by atoms with E-state index in [1.807, 2.05) is 17.4 Å². The average molecular weight is 693 g/mol. The number of hydrogen-bond donors (Lipinski definition) is 0. The molecule has 0 aliphatic rings. The van der Waals surface area contributed by atoms with Crippen molar-refractivity contribution in [1.29, 1.82) is 0 Å². The zero-order valence-corrected chi connectivity index (χ0v) is 29.6. The van der Waals surface area contributed by atoms with E-state index in [1.54, 1.807) is 0 Å². The number of benzene rings is 8. The number of hydrogen-bond acceptors (Lipinski definition) is 3. The van der Waals surface area contributed by atoms with Crippen molar-refractivity contribution in [3.8, 4) is 67.3 Å². The summed E-state index contributed by atoms with van der Waals surface area (Å²) in [5.74, 6) is 0.698. The molecule has 0 amide bonds. The maximum atomic E-state index is 5.32. The highest BCUT2D eigenvalue weighted by atomic mass is 32.1. The smallest absolute Gasteiger partial charge is 0.160 e. The van der Waals surface area contributed by atoms with Crippen molar-refractivity contribution < 1.29 is 0 Å². The van der Waals surface area contributed by atoms with Crippen LogP contribution >= 0.6 is 11.3 Å². The van der Waals surface area contributed by atoms with Gasteiger partial charge in [0.1, 0.15) is 0 Å². The Kier molecular flexibility index (Phi) is 7.71. The van der Waals surface area contributed by atoms with E-state index in [1.165, 1.54) is 47.6 Å². The fourth-order valence-corrected chi connectivity index (χ4v) is 8.54. The molecule has 0 unspecified atom stereocenters. The van der Waals surface area contributed by atoms with Gasteiger partial charge in [-0.05, 0) is 80.6 Å². The number of fused-ring (bicyclic) bond motifs is 4. The molecule has 0 fully saturated rings. The van der Waals surface area contributed by atoms with E-state index in [0.29, 0.717) is 5.82 Å². The first kappa shape index (κ1) is 31.1. The van der Waals surface area contributed by atoms with Crippen LogP contribution in [0.1, 0.15) is 0 Å². The Hall–Kier alpha value is -6.68. The molecule has 248 valence electrons. The van der Waals surface area contributed by atoms with E-state index < -0.39 is 0 Å². The van der Waals surface area contributed by atoms with Crippen LogP contribution in [-0.4, -0.2) is 9.97 Å². The zero-order chi connectivity index (χ0) is 35.1. The van der Waals surface area contributed by atoms with Crippen LogP contribution in [0.15, 0.2) is 194 Å². The van der Waals surface area contributed by atoms with Gasteiger partial charge >= 0.3 is 0 Å². The molecule has 8 aromatic carbocycles. The Labute approximate surface area is 312 Å². The van der Waals surface area contributed by atoms with Crippen LogP contribution in [0.5, 0.6) is 0 Å². The summed E-state index contributed by atoms with van der Waals surface area (Å²) in [6, 6.07) is 69.3. The van der Waals surface area contributed by atoms with Crippen molar-refractivity contribution in [2.24, 2.45) is 0 Å². The lowest BCUT2D eigenvalue weighted by molar-refractivity contribution is 1.18. The molecule has 0 atom stereocenters. The topological polar surface area (TPSA) is 25.8 Å². The summed E-state index contributed by atoms with van der Waals surface area (Å²) in [5, 5.41) is 4.96. The third-order valence-electron chi connectivity index (χ3n) is 10.1. The van der Waals surface area contributed by atoms with Gasteiger partial charge in [0.2, 0.25) is 0 Å². The normalized spacial score (nSPS) is 11.4. The van der Waals surface area contributed by atoms with Gasteiger partial charge in [0.25, 0.3) is 0 Å². The predicted octanol–water partition coefficient (Wildman–Crippen LogP) is 14.0. The summed E-state index contributed by atoms with van der Waals surface area (Å²) in [4.78, 5) is 10.6. The molecule has 0 saturated carbocycles. The number of nitrogens with zero attached hydrogens (tertiary/aromatic N) is 2. The molecule has 10 aromatic rings. The first-order valence-electron chi connectivity index (χ1n) is 17.9. The standard InChI is InChI=1S/C50H32N2S/c1-3-12-33(13-4-1)35-22-24-37(25-23-35)50-51-46(32-47(52-50)43-20-11-17-36-16-7-8-18-42(36)43)41-29-39(34-14-5-2-6-15-34)28-40(30-41)38-26-27-45-44-19-9-10-21-48(44)53-49(45)31-38/h1-32H. The van der Waals surface area contributed by atoms with Crippen molar-refractivity contribution in [2.75, 3.05) is 0 Å². The molecule has 0 saturated heterocycles. The monoisotopic (exact) mass is 692 g/mol. The minimum absolute atomic E-state index is 0.698. The van der Waals surface area contributed by atoms with Gasteiger partial charge in [-0.2, -0.15) is 0 Å². The predicted molar refractivity (Wildman–Crippen MR) is 225 cm³/mol. The summed E-state index contributed by atoms with van der Waals surface area (Å²) in [5.41, 5.74) is 11.9. The lowest BCUT2D eigenvalue weighted by Gasteiger charge is -2.14. The SMILES string of the molecule is c1ccc(-c2ccc(-c3nc(-c4cc(-c5ccccc5)cc(-c5ccc6c(c5)sc5ccccc56)c4)cc(-c4cccc5ccccc45)n3)cc2)cc1. The molecule has 3 heteroatoms. The molecule has 10 rings (SSSR count). The maximum absolute atomic E-state index is 5.32. The van der Waals surface area contributed by atoms with Gasteiger partial charge in [0.15, 0.2) is 5.82 Å². The molecule has 2 heterocycles. The summed E-state index contributed by atoms with van der Waals surface area (Å²) in [6.07, 6.45) is 0. The second-order valence-electron chi connectivity index (χ2n) is 13.4. The van der Waals surface area contributed by atoms with Crippen LogP contribution in [0.25, 0.3) is 98.2 Å². The van der Waals surface area contributed by atoms with Gasteiger partial charge in [-0.15, -0.1) is 11.3 Å². The summed E-state index contributed by atoms with van der Waals surface area (Å²) in [6.45, 7) is 0. The average Bonchev–Trinajstić information content (AvgIpc) is 3.62. The highest BCUT2D eigenvalue weighted by molar-refractivity contribution is 7.25. The van der Waals surface area contributed by atoms with E-state index in [2.05, 4.69) is 188 Å². The molecule has 2 nitrogen and oxygen atoms in total. The third kappa shape index (κ3) is 5.87. The Morgan fingerprint density at radius 2 is 0.849 bits per heavy atom. The van der Waals surface area contributed by atoms with E-state index in [0.717, 1.165) is 44.8 Å². The van der Waals surface area contributed by atoms with Crippen molar-refractivity contribution in [1.82, 2.24) is 9.97 Å². The summed E-state index contributed by atoms with van der Waals surface area (Å²) >= 11 is 1.85. The number of thiophene rings is 1. The molecular formula is C50H32N2S. The van der Waals surface area contributed by atoms with Gasteiger partial charge in [-0.25, -0.2) is 9.97 Å². The molecule has 53 heavy (non-hydrogen) atoms. The highest BCUT2D eigenvalue weighted by Gasteiger charge is 2.16. The van der Waals surface area contributed by atoms with Crippen molar-refractivity contribution in [2.45, 2.75) is 0 Å². The lowest BCUT2D eigenvalue weighted by Crippen LogP contribution is -1.97. The number of rotatable bonds is 6.